The van der Waals surface area contributed by atoms with Crippen molar-refractivity contribution in [2.75, 3.05) is 0 Å². The molecule has 0 rings (SSSR count). The molecule has 6 heteroatoms. The van der Waals surface area contributed by atoms with Crippen LogP contribution in [0.2, 0.25) is 0 Å². The Bertz CT molecular complexity index is 90.7. The molecule has 2 N–H and O–H groups in total. The van der Waals surface area contributed by atoms with Gasteiger partial charge in [-0.25, -0.2) is 0 Å². The summed E-state index contributed by atoms with van der Waals surface area (Å²) in [7, 11) is 0. The molecule has 0 bridgehead atoms. The first-order chi connectivity index (χ1) is 2.00. The quantitative estimate of drug-likeness (QED) is 0.542. The normalized spacial score (nSPS) is 9.67. The van der Waals surface area contributed by atoms with Crippen molar-refractivity contribution in [1.82, 2.24) is 0 Å². The van der Waals surface area contributed by atoms with Crippen LogP contribution in [-0.4, -0.2) is 8.38 Å². The second-order valence-electron chi connectivity index (χ2n) is 0.415. The molecule has 1 radical (unpaired) electrons. The summed E-state index contributed by atoms with van der Waals surface area (Å²) in [5, 5.41) is 0. The van der Waals surface area contributed by atoms with Gasteiger partial charge in [0.25, 0.3) is 0 Å². The molecular weight excluding hydrogens is 305 g/mol. The summed E-state index contributed by atoms with van der Waals surface area (Å²) in [5.74, 6) is 0. The van der Waals surface area contributed by atoms with Crippen LogP contribution >= 0.6 is 0 Å². The van der Waals surface area contributed by atoms with Gasteiger partial charge in [0.15, 0.2) is 0 Å². The van der Waals surface area contributed by atoms with Gasteiger partial charge in [0, 0.05) is 20.4 Å². The Kier molecular flexibility index (Phi) is 4.61. The third-order valence-corrected chi connectivity index (χ3v) is 0. The molecule has 0 atom stereocenters. The van der Waals surface area contributed by atoms with Crippen molar-refractivity contribution < 1.29 is 49.8 Å². The zero-order chi connectivity index (χ0) is 4.50. The third kappa shape index (κ3) is 131. The van der Waals surface area contributed by atoms with Gasteiger partial charge in [0.2, 0.25) is 0 Å². The summed E-state index contributed by atoms with van der Waals surface area (Å²) in [5.41, 5.74) is 0. The van der Waals surface area contributed by atoms with Crippen LogP contribution in [0, 0.1) is 0 Å². The van der Waals surface area contributed by atoms with Crippen LogP contribution in [0.25, 0.3) is 0 Å². The summed E-state index contributed by atoms with van der Waals surface area (Å²) in [6, 6.07) is 0. The van der Waals surface area contributed by atoms with Gasteiger partial charge in [0.05, 0.1) is 0 Å². The minimum absolute atomic E-state index is 0. The van der Waals surface area contributed by atoms with E-state index in [0.29, 0.717) is 0 Å². The number of hydrogen-bond acceptors (Lipinski definition) is 2. The Morgan fingerprint density at radius 1 is 1.17 bits per heavy atom. The summed E-state index contributed by atoms with van der Waals surface area (Å²) in [4.78, 5) is 0. The molecule has 0 aromatic heterocycles. The van der Waals surface area contributed by atoms with Crippen molar-refractivity contribution in [3.8, 4) is 0 Å². The summed E-state index contributed by atoms with van der Waals surface area (Å²) >= 11 is -5.12. The molecule has 0 fully saturated rings. The molecule has 0 amide bonds. The molecule has 40 valence electrons. The molecule has 4 nitrogen and oxygen atoms in total. The maximum Gasteiger partial charge on any atom is 0 e. The van der Waals surface area contributed by atoms with E-state index in [4.69, 9.17) is 16.0 Å². The van der Waals surface area contributed by atoms with Crippen molar-refractivity contribution in [2.45, 2.75) is 0 Å². The van der Waals surface area contributed by atoms with Crippen molar-refractivity contribution in [3.05, 3.63) is 0 Å². The van der Waals surface area contributed by atoms with Crippen LogP contribution in [0.1, 0.15) is 0 Å². The zero-order valence-electron chi connectivity index (χ0n) is 2.47. The van der Waals surface area contributed by atoms with E-state index in [0.717, 1.165) is 0 Å². The minimum atomic E-state index is -5.12. The molecule has 0 aromatic rings. The molecule has 0 saturated heterocycles. The van der Waals surface area contributed by atoms with Crippen molar-refractivity contribution >= 4 is 0 Å². The first kappa shape index (κ1) is 9.86. The fourth-order valence-corrected chi connectivity index (χ4v) is 0. The predicted octanol–water partition coefficient (Wildman–Crippen LogP) is -1.36. The smallest absolute Gasteiger partial charge is 0 e. The van der Waals surface area contributed by atoms with Gasteiger partial charge in [-0.2, -0.15) is 0 Å². The maximum absolute atomic E-state index is 8.80. The van der Waals surface area contributed by atoms with E-state index in [9.17, 15) is 0 Å². The van der Waals surface area contributed by atoms with E-state index >= 15 is 0 Å². The Hall–Kier alpha value is 0.702. The maximum atomic E-state index is 8.80. The average Bonchev–Trinajstić information content (AvgIpc) is 0.722. The molecular formula is H2MnO4Re. The monoisotopic (exact) mass is 308 g/mol. The van der Waals surface area contributed by atoms with E-state index in [2.05, 4.69) is 0 Å². The standard InChI is InChI=1S/Mn.2H2O.2O.Re/h;2*1H2;;;/q+2;;;;;/p-2. The molecule has 0 heterocycles. The Morgan fingerprint density at radius 2 is 1.17 bits per heavy atom. The summed E-state index contributed by atoms with van der Waals surface area (Å²) in [6.45, 7) is 0. The SMILES string of the molecule is [O]=[Mn](=[O])([OH])[OH].[Re]. The van der Waals surface area contributed by atoms with E-state index in [1.54, 1.807) is 0 Å². The second kappa shape index (κ2) is 2.81. The summed E-state index contributed by atoms with van der Waals surface area (Å²) < 4.78 is 31.8. The Balaban J connectivity index is 0. The number of rotatable bonds is 0. The zero-order valence-corrected chi connectivity index (χ0v) is 6.36. The second-order valence-corrected chi connectivity index (χ2v) is 1.71. The van der Waals surface area contributed by atoms with Gasteiger partial charge in [0.1, 0.15) is 0 Å². The van der Waals surface area contributed by atoms with Gasteiger partial charge in [-0.15, -0.1) is 0 Å². The van der Waals surface area contributed by atoms with Gasteiger partial charge in [-0.05, 0) is 0 Å². The fourth-order valence-electron chi connectivity index (χ4n) is 0. The van der Waals surface area contributed by atoms with Crippen LogP contribution in [0.15, 0.2) is 0 Å². The topological polar surface area (TPSA) is 74.6 Å². The van der Waals surface area contributed by atoms with E-state index < -0.39 is 13.4 Å². The van der Waals surface area contributed by atoms with Crippen LogP contribution in [-0.2, 0) is 41.5 Å². The van der Waals surface area contributed by atoms with Gasteiger partial charge >= 0.3 is 29.4 Å². The molecule has 0 saturated carbocycles. The minimum Gasteiger partial charge on any atom is 0 e. The molecule has 6 heavy (non-hydrogen) atoms. The Labute approximate surface area is 50.1 Å². The van der Waals surface area contributed by atoms with Gasteiger partial charge in [-0.3, -0.25) is 0 Å². The summed E-state index contributed by atoms with van der Waals surface area (Å²) in [6.07, 6.45) is 0. The first-order valence-corrected chi connectivity index (χ1v) is 2.67. The molecule has 0 aliphatic heterocycles. The average molecular weight is 307 g/mol. The Morgan fingerprint density at radius 3 is 1.17 bits per heavy atom. The predicted molar refractivity (Wildman–Crippen MR) is 5.81 cm³/mol. The van der Waals surface area contributed by atoms with E-state index in [1.807, 2.05) is 0 Å². The van der Waals surface area contributed by atoms with Gasteiger partial charge in [-0.1, -0.05) is 0 Å². The molecule has 0 unspecified atom stereocenters. The van der Waals surface area contributed by atoms with Crippen LogP contribution in [0.5, 0.6) is 0 Å². The molecule has 0 spiro atoms. The van der Waals surface area contributed by atoms with Crippen LogP contribution in [0.4, 0.5) is 0 Å². The third-order valence-electron chi connectivity index (χ3n) is 0. The first-order valence-electron chi connectivity index (χ1n) is 0.647. The molecule has 0 aliphatic rings. The number of hydrogen-bond donors (Lipinski definition) is 2. The van der Waals surface area contributed by atoms with Crippen molar-refractivity contribution in [1.29, 1.82) is 0 Å². The fraction of sp³-hybridized carbons (Fsp3) is 0. The van der Waals surface area contributed by atoms with Crippen molar-refractivity contribution in [2.24, 2.45) is 0 Å². The van der Waals surface area contributed by atoms with Crippen molar-refractivity contribution in [3.63, 3.8) is 0 Å². The molecule has 0 aromatic carbocycles. The van der Waals surface area contributed by atoms with E-state index in [1.165, 1.54) is 0 Å². The van der Waals surface area contributed by atoms with Gasteiger partial charge < -0.3 is 0 Å². The van der Waals surface area contributed by atoms with Crippen LogP contribution < -0.4 is 0 Å². The van der Waals surface area contributed by atoms with Crippen LogP contribution in [0.3, 0.4) is 0 Å². The van der Waals surface area contributed by atoms with E-state index in [-0.39, 0.29) is 20.4 Å². The molecule has 0 aliphatic carbocycles. The largest absolute Gasteiger partial charge is 0 e.